The van der Waals surface area contributed by atoms with Crippen molar-refractivity contribution in [1.82, 2.24) is 25.2 Å². The Balaban J connectivity index is 1.48. The summed E-state index contributed by atoms with van der Waals surface area (Å²) in [5.41, 5.74) is 4.37. The first-order valence-electron chi connectivity index (χ1n) is 7.67. The molecule has 0 bridgehead atoms. The van der Waals surface area contributed by atoms with Crippen LogP contribution in [0.3, 0.4) is 0 Å². The van der Waals surface area contributed by atoms with Gasteiger partial charge in [0.15, 0.2) is 0 Å². The molecule has 4 rings (SSSR count). The van der Waals surface area contributed by atoms with E-state index in [0.717, 1.165) is 60.8 Å². The first-order valence-corrected chi connectivity index (χ1v) is 7.67. The molecule has 0 unspecified atom stereocenters. The quantitative estimate of drug-likeness (QED) is 0.745. The first kappa shape index (κ1) is 14.0. The Hall–Kier alpha value is -2.61. The molecule has 3 heterocycles. The molecule has 2 N–H and O–H groups in total. The molecule has 8 heteroatoms. The molecule has 0 saturated carbocycles. The van der Waals surface area contributed by atoms with Gasteiger partial charge in [-0.3, -0.25) is 4.90 Å². The zero-order chi connectivity index (χ0) is 15.8. The third-order valence-corrected chi connectivity index (χ3v) is 4.36. The number of imidazole rings is 1. The van der Waals surface area contributed by atoms with Gasteiger partial charge >= 0.3 is 5.69 Å². The molecule has 1 saturated heterocycles. The summed E-state index contributed by atoms with van der Waals surface area (Å²) >= 11 is 0. The third-order valence-electron chi connectivity index (χ3n) is 4.36. The molecule has 2 aromatic heterocycles. The Labute approximate surface area is 132 Å². The summed E-state index contributed by atoms with van der Waals surface area (Å²) in [6, 6.07) is 5.93. The minimum Gasteiger partial charge on any atom is -0.367 e. The number of benzene rings is 1. The monoisotopic (exact) mass is 314 g/mol. The molecule has 1 aliphatic rings. The highest BCUT2D eigenvalue weighted by atomic mass is 16.6. The molecule has 0 amide bonds. The van der Waals surface area contributed by atoms with Crippen molar-refractivity contribution in [3.63, 3.8) is 0 Å². The van der Waals surface area contributed by atoms with E-state index in [2.05, 4.69) is 30.1 Å². The van der Waals surface area contributed by atoms with Crippen molar-refractivity contribution >= 4 is 16.7 Å². The SMILES string of the molecule is Cc1nonc1CN1CCN(c2cccc3[nH]c(=O)[nH]c23)CC1. The number of anilines is 1. The number of rotatable bonds is 3. The van der Waals surface area contributed by atoms with Gasteiger partial charge in [0.25, 0.3) is 0 Å². The van der Waals surface area contributed by atoms with Crippen LogP contribution in [0.25, 0.3) is 11.0 Å². The normalized spacial score (nSPS) is 16.3. The summed E-state index contributed by atoms with van der Waals surface area (Å²) in [4.78, 5) is 21.9. The van der Waals surface area contributed by atoms with Crippen LogP contribution < -0.4 is 10.6 Å². The number of aromatic amines is 2. The van der Waals surface area contributed by atoms with Gasteiger partial charge in [-0.15, -0.1) is 0 Å². The lowest BCUT2D eigenvalue weighted by atomic mass is 10.2. The number of hydrogen-bond donors (Lipinski definition) is 2. The molecule has 0 atom stereocenters. The molecule has 23 heavy (non-hydrogen) atoms. The van der Waals surface area contributed by atoms with Gasteiger partial charge < -0.3 is 14.9 Å². The highest BCUT2D eigenvalue weighted by Gasteiger charge is 2.21. The van der Waals surface area contributed by atoms with Gasteiger partial charge in [-0.2, -0.15) is 0 Å². The summed E-state index contributed by atoms with van der Waals surface area (Å²) in [5.74, 6) is 0. The van der Waals surface area contributed by atoms with Crippen LogP contribution in [-0.2, 0) is 6.54 Å². The molecule has 8 nitrogen and oxygen atoms in total. The van der Waals surface area contributed by atoms with E-state index in [9.17, 15) is 4.79 Å². The van der Waals surface area contributed by atoms with Crippen LogP contribution >= 0.6 is 0 Å². The van der Waals surface area contributed by atoms with Crippen LogP contribution in [0.4, 0.5) is 5.69 Å². The highest BCUT2D eigenvalue weighted by molar-refractivity contribution is 5.88. The maximum Gasteiger partial charge on any atom is 0.323 e. The number of aromatic nitrogens is 4. The molecule has 0 aliphatic carbocycles. The predicted octanol–water partition coefficient (Wildman–Crippen LogP) is 0.870. The minimum absolute atomic E-state index is 0.167. The molecule has 1 fully saturated rings. The largest absolute Gasteiger partial charge is 0.367 e. The zero-order valence-electron chi connectivity index (χ0n) is 12.9. The lowest BCUT2D eigenvalue weighted by Gasteiger charge is -2.35. The second kappa shape index (κ2) is 5.54. The predicted molar refractivity (Wildman–Crippen MR) is 85.4 cm³/mol. The second-order valence-corrected chi connectivity index (χ2v) is 5.84. The number of para-hydroxylation sites is 1. The van der Waals surface area contributed by atoms with E-state index < -0.39 is 0 Å². The van der Waals surface area contributed by atoms with Crippen LogP contribution in [0.5, 0.6) is 0 Å². The number of H-pyrrole nitrogens is 2. The molecule has 1 aromatic carbocycles. The van der Waals surface area contributed by atoms with E-state index in [4.69, 9.17) is 4.63 Å². The van der Waals surface area contributed by atoms with Gasteiger partial charge in [0, 0.05) is 32.7 Å². The summed E-state index contributed by atoms with van der Waals surface area (Å²) in [6.07, 6.45) is 0. The van der Waals surface area contributed by atoms with Gasteiger partial charge in [-0.1, -0.05) is 16.4 Å². The van der Waals surface area contributed by atoms with Crippen molar-refractivity contribution in [2.24, 2.45) is 0 Å². The fourth-order valence-electron chi connectivity index (χ4n) is 3.06. The van der Waals surface area contributed by atoms with Crippen molar-refractivity contribution in [2.75, 3.05) is 31.1 Å². The van der Waals surface area contributed by atoms with Crippen LogP contribution in [0, 0.1) is 6.92 Å². The van der Waals surface area contributed by atoms with E-state index in [1.165, 1.54) is 0 Å². The number of nitrogens with zero attached hydrogens (tertiary/aromatic N) is 4. The Kier molecular flexibility index (Phi) is 3.38. The molecule has 0 spiro atoms. The molecule has 0 radical (unpaired) electrons. The van der Waals surface area contributed by atoms with Gasteiger partial charge in [-0.25, -0.2) is 9.42 Å². The van der Waals surface area contributed by atoms with Crippen LogP contribution in [0.1, 0.15) is 11.4 Å². The second-order valence-electron chi connectivity index (χ2n) is 5.84. The Morgan fingerprint density at radius 3 is 2.74 bits per heavy atom. The lowest BCUT2D eigenvalue weighted by molar-refractivity contribution is 0.237. The van der Waals surface area contributed by atoms with Crippen molar-refractivity contribution in [3.05, 3.63) is 40.1 Å². The molecule has 120 valence electrons. The summed E-state index contributed by atoms with van der Waals surface area (Å²) in [7, 11) is 0. The van der Waals surface area contributed by atoms with E-state index in [-0.39, 0.29) is 5.69 Å². The number of aryl methyl sites for hydroxylation is 1. The average molecular weight is 314 g/mol. The Morgan fingerprint density at radius 1 is 1.17 bits per heavy atom. The van der Waals surface area contributed by atoms with Crippen molar-refractivity contribution < 1.29 is 4.63 Å². The average Bonchev–Trinajstić information content (AvgIpc) is 3.13. The van der Waals surface area contributed by atoms with Crippen molar-refractivity contribution in [2.45, 2.75) is 13.5 Å². The maximum atomic E-state index is 11.5. The van der Waals surface area contributed by atoms with Gasteiger partial charge in [0.1, 0.15) is 11.4 Å². The fraction of sp³-hybridized carbons (Fsp3) is 0.400. The standard InChI is InChI=1S/C15H18N6O2/c1-10-12(19-23-18-10)9-20-5-7-21(8-6-20)13-4-2-3-11-14(13)17-15(22)16-11/h2-4H,5-9H2,1H3,(H2,16,17,22). The number of fused-ring (bicyclic) bond motifs is 1. The first-order chi connectivity index (χ1) is 11.2. The van der Waals surface area contributed by atoms with Gasteiger partial charge in [-0.05, 0) is 19.1 Å². The molecular weight excluding hydrogens is 296 g/mol. The third kappa shape index (κ3) is 2.61. The number of hydrogen-bond acceptors (Lipinski definition) is 6. The van der Waals surface area contributed by atoms with Crippen LogP contribution in [0.2, 0.25) is 0 Å². The van der Waals surface area contributed by atoms with Gasteiger partial charge in [0.05, 0.1) is 16.7 Å². The van der Waals surface area contributed by atoms with E-state index in [0.29, 0.717) is 0 Å². The smallest absolute Gasteiger partial charge is 0.323 e. The highest BCUT2D eigenvalue weighted by Crippen LogP contribution is 2.24. The Morgan fingerprint density at radius 2 is 2.00 bits per heavy atom. The van der Waals surface area contributed by atoms with Crippen molar-refractivity contribution in [3.8, 4) is 0 Å². The van der Waals surface area contributed by atoms with E-state index in [1.54, 1.807) is 0 Å². The summed E-state index contributed by atoms with van der Waals surface area (Å²) < 4.78 is 4.75. The lowest BCUT2D eigenvalue weighted by Crippen LogP contribution is -2.46. The molecular formula is C15H18N6O2. The van der Waals surface area contributed by atoms with Gasteiger partial charge in [0.2, 0.25) is 0 Å². The topological polar surface area (TPSA) is 94.1 Å². The number of nitrogens with one attached hydrogen (secondary N) is 2. The maximum absolute atomic E-state index is 11.5. The van der Waals surface area contributed by atoms with E-state index >= 15 is 0 Å². The minimum atomic E-state index is -0.167. The van der Waals surface area contributed by atoms with Crippen LogP contribution in [-0.4, -0.2) is 51.4 Å². The molecule has 3 aromatic rings. The summed E-state index contributed by atoms with van der Waals surface area (Å²) in [6.45, 7) is 6.32. The molecule has 1 aliphatic heterocycles. The summed E-state index contributed by atoms with van der Waals surface area (Å²) in [5, 5.41) is 7.77. The Bertz CT molecular complexity index is 871. The van der Waals surface area contributed by atoms with Crippen molar-refractivity contribution in [1.29, 1.82) is 0 Å². The number of piperazine rings is 1. The van der Waals surface area contributed by atoms with E-state index in [1.807, 2.05) is 25.1 Å². The fourth-order valence-corrected chi connectivity index (χ4v) is 3.06. The van der Waals surface area contributed by atoms with Crippen LogP contribution in [0.15, 0.2) is 27.6 Å². The zero-order valence-corrected chi connectivity index (χ0v) is 12.9.